The van der Waals surface area contributed by atoms with Crippen molar-refractivity contribution in [3.8, 4) is 0 Å². The largest absolute Gasteiger partial charge is 0.355 e. The maximum Gasteiger partial charge on any atom is 0.207 e. The summed E-state index contributed by atoms with van der Waals surface area (Å²) in [6.07, 6.45) is 0.633. The zero-order chi connectivity index (χ0) is 9.97. The quantitative estimate of drug-likeness (QED) is 0.772. The molecule has 2 nitrogen and oxygen atoms in total. The molecule has 0 atom stereocenters. The monoisotopic (exact) mass is 209 g/mol. The summed E-state index contributed by atoms with van der Waals surface area (Å²) in [5, 5.41) is 4.65. The van der Waals surface area contributed by atoms with Crippen LogP contribution < -0.4 is 5.32 Å². The highest BCUT2D eigenvalue weighted by molar-refractivity contribution is 7.17. The lowest BCUT2D eigenvalue weighted by Gasteiger charge is -1.99. The Labute approximate surface area is 84.4 Å². The highest BCUT2D eigenvalue weighted by atomic mass is 32.1. The second-order valence-corrected chi connectivity index (χ2v) is 3.82. The standard InChI is InChI=1S/C10H8FNOS/c11-9-5-14-10-2-1-7(3-8(9)10)4-12-6-13/h1-3,5-6H,4H2,(H,12,13). The molecule has 1 amide bonds. The van der Waals surface area contributed by atoms with Crippen LogP contribution in [0.1, 0.15) is 5.56 Å². The van der Waals surface area contributed by atoms with Gasteiger partial charge in [0.2, 0.25) is 6.41 Å². The normalized spacial score (nSPS) is 10.4. The second-order valence-electron chi connectivity index (χ2n) is 2.91. The maximum absolute atomic E-state index is 13.2. The first-order chi connectivity index (χ1) is 6.81. The first-order valence-electron chi connectivity index (χ1n) is 4.14. The lowest BCUT2D eigenvalue weighted by molar-refractivity contribution is -0.109. The fraction of sp³-hybridized carbons (Fsp3) is 0.100. The molecule has 0 radical (unpaired) electrons. The summed E-state index contributed by atoms with van der Waals surface area (Å²) in [4.78, 5) is 10.1. The van der Waals surface area contributed by atoms with Gasteiger partial charge in [0.25, 0.3) is 0 Å². The molecule has 0 fully saturated rings. The van der Waals surface area contributed by atoms with E-state index in [9.17, 15) is 9.18 Å². The summed E-state index contributed by atoms with van der Waals surface area (Å²) in [5.74, 6) is -0.196. The molecule has 2 aromatic rings. The summed E-state index contributed by atoms with van der Waals surface area (Å²) in [6, 6.07) is 5.51. The molecule has 4 heteroatoms. The van der Waals surface area contributed by atoms with E-state index in [1.165, 1.54) is 16.7 Å². The minimum atomic E-state index is -0.196. The number of hydrogen-bond donors (Lipinski definition) is 1. The molecule has 0 bridgehead atoms. The van der Waals surface area contributed by atoms with Gasteiger partial charge in [0.1, 0.15) is 5.82 Å². The van der Waals surface area contributed by atoms with Crippen LogP contribution >= 0.6 is 11.3 Å². The summed E-state index contributed by atoms with van der Waals surface area (Å²) >= 11 is 1.38. The van der Waals surface area contributed by atoms with Crippen LogP contribution in [0, 0.1) is 5.82 Å². The molecule has 1 N–H and O–H groups in total. The maximum atomic E-state index is 13.2. The van der Waals surface area contributed by atoms with Crippen LogP contribution in [0.5, 0.6) is 0 Å². The molecule has 1 aromatic heterocycles. The van der Waals surface area contributed by atoms with Crippen molar-refractivity contribution in [2.24, 2.45) is 0 Å². The summed E-state index contributed by atoms with van der Waals surface area (Å²) < 4.78 is 14.1. The molecule has 14 heavy (non-hydrogen) atoms. The molecule has 2 rings (SSSR count). The van der Waals surface area contributed by atoms with Crippen molar-refractivity contribution < 1.29 is 9.18 Å². The van der Waals surface area contributed by atoms with Gasteiger partial charge in [-0.05, 0) is 17.7 Å². The topological polar surface area (TPSA) is 29.1 Å². The number of nitrogens with one attached hydrogen (secondary N) is 1. The van der Waals surface area contributed by atoms with E-state index in [-0.39, 0.29) is 5.82 Å². The minimum absolute atomic E-state index is 0.196. The van der Waals surface area contributed by atoms with Gasteiger partial charge in [0.05, 0.1) is 0 Å². The number of carbonyl (C=O) groups is 1. The molecular formula is C10H8FNOS. The Hall–Kier alpha value is -1.42. The second kappa shape index (κ2) is 3.75. The van der Waals surface area contributed by atoms with Crippen LogP contribution in [0.3, 0.4) is 0 Å². The van der Waals surface area contributed by atoms with Gasteiger partial charge in [-0.25, -0.2) is 4.39 Å². The van der Waals surface area contributed by atoms with Gasteiger partial charge in [-0.1, -0.05) is 6.07 Å². The summed E-state index contributed by atoms with van der Waals surface area (Å²) in [6.45, 7) is 0.439. The highest BCUT2D eigenvalue weighted by Crippen LogP contribution is 2.25. The molecule has 0 aliphatic rings. The molecule has 0 saturated carbocycles. The zero-order valence-corrected chi connectivity index (χ0v) is 8.10. The van der Waals surface area contributed by atoms with Crippen molar-refractivity contribution in [3.63, 3.8) is 0 Å². The smallest absolute Gasteiger partial charge is 0.207 e. The van der Waals surface area contributed by atoms with Crippen molar-refractivity contribution in [1.82, 2.24) is 5.32 Å². The lowest BCUT2D eigenvalue weighted by Crippen LogP contribution is -2.09. The number of thiophene rings is 1. The fourth-order valence-electron chi connectivity index (χ4n) is 1.31. The number of hydrogen-bond acceptors (Lipinski definition) is 2. The zero-order valence-electron chi connectivity index (χ0n) is 7.29. The number of halogens is 1. The van der Waals surface area contributed by atoms with Crippen molar-refractivity contribution in [2.75, 3.05) is 0 Å². The molecule has 1 aromatic carbocycles. The Kier molecular flexibility index (Phi) is 2.45. The van der Waals surface area contributed by atoms with E-state index in [1.54, 1.807) is 6.07 Å². The SMILES string of the molecule is O=CNCc1ccc2scc(F)c2c1. The van der Waals surface area contributed by atoms with E-state index >= 15 is 0 Å². The van der Waals surface area contributed by atoms with Gasteiger partial charge in [-0.2, -0.15) is 0 Å². The Morgan fingerprint density at radius 3 is 3.14 bits per heavy atom. The predicted octanol–water partition coefficient (Wildman–Crippen LogP) is 2.29. The van der Waals surface area contributed by atoms with E-state index in [2.05, 4.69) is 5.32 Å². The summed E-state index contributed by atoms with van der Waals surface area (Å²) in [7, 11) is 0. The van der Waals surface area contributed by atoms with Gasteiger partial charge in [-0.15, -0.1) is 11.3 Å². The van der Waals surface area contributed by atoms with Crippen molar-refractivity contribution in [2.45, 2.75) is 6.54 Å². The number of benzene rings is 1. The van der Waals surface area contributed by atoms with Crippen LogP contribution in [0.2, 0.25) is 0 Å². The van der Waals surface area contributed by atoms with Crippen LogP contribution in [-0.4, -0.2) is 6.41 Å². The van der Waals surface area contributed by atoms with E-state index in [0.717, 1.165) is 10.3 Å². The number of rotatable bonds is 3. The number of fused-ring (bicyclic) bond motifs is 1. The van der Waals surface area contributed by atoms with E-state index in [0.29, 0.717) is 18.3 Å². The van der Waals surface area contributed by atoms with Crippen LogP contribution in [0.4, 0.5) is 4.39 Å². The first-order valence-corrected chi connectivity index (χ1v) is 5.02. The van der Waals surface area contributed by atoms with E-state index < -0.39 is 0 Å². The fourth-order valence-corrected chi connectivity index (χ4v) is 2.10. The van der Waals surface area contributed by atoms with Crippen molar-refractivity contribution >= 4 is 27.8 Å². The van der Waals surface area contributed by atoms with E-state index in [4.69, 9.17) is 0 Å². The third kappa shape index (κ3) is 1.61. The first kappa shape index (κ1) is 9.15. The Balaban J connectivity index is 2.39. The van der Waals surface area contributed by atoms with E-state index in [1.807, 2.05) is 12.1 Å². The Morgan fingerprint density at radius 2 is 2.36 bits per heavy atom. The average Bonchev–Trinajstić information content (AvgIpc) is 2.57. The Bertz CT molecular complexity index is 466. The average molecular weight is 209 g/mol. The molecule has 0 aliphatic carbocycles. The Morgan fingerprint density at radius 1 is 1.50 bits per heavy atom. The third-order valence-corrected chi connectivity index (χ3v) is 2.91. The number of amides is 1. The molecule has 0 unspecified atom stereocenters. The predicted molar refractivity (Wildman–Crippen MR) is 54.7 cm³/mol. The molecule has 1 heterocycles. The lowest BCUT2D eigenvalue weighted by atomic mass is 10.1. The van der Waals surface area contributed by atoms with Gasteiger partial charge >= 0.3 is 0 Å². The molecular weight excluding hydrogens is 201 g/mol. The third-order valence-electron chi connectivity index (χ3n) is 1.98. The molecule has 0 spiro atoms. The van der Waals surface area contributed by atoms with Crippen LogP contribution in [0.25, 0.3) is 10.1 Å². The van der Waals surface area contributed by atoms with Crippen LogP contribution in [0.15, 0.2) is 23.6 Å². The van der Waals surface area contributed by atoms with Crippen LogP contribution in [-0.2, 0) is 11.3 Å². The number of carbonyl (C=O) groups excluding carboxylic acids is 1. The highest BCUT2D eigenvalue weighted by Gasteiger charge is 2.03. The van der Waals surface area contributed by atoms with Gasteiger partial charge in [0.15, 0.2) is 0 Å². The van der Waals surface area contributed by atoms with Gasteiger partial charge in [0, 0.05) is 22.0 Å². The molecule has 0 aliphatic heterocycles. The summed E-state index contributed by atoms with van der Waals surface area (Å²) in [5.41, 5.74) is 0.905. The minimum Gasteiger partial charge on any atom is -0.355 e. The van der Waals surface area contributed by atoms with Crippen molar-refractivity contribution in [1.29, 1.82) is 0 Å². The van der Waals surface area contributed by atoms with Crippen molar-refractivity contribution in [3.05, 3.63) is 35.0 Å². The van der Waals surface area contributed by atoms with Gasteiger partial charge in [-0.3, -0.25) is 4.79 Å². The van der Waals surface area contributed by atoms with Gasteiger partial charge < -0.3 is 5.32 Å². The molecule has 0 saturated heterocycles. The molecule has 72 valence electrons.